The molecule has 0 fully saturated rings. The van der Waals surface area contributed by atoms with Crippen molar-refractivity contribution in [2.75, 3.05) is 5.73 Å². The molecule has 0 heterocycles. The number of carbonyl (C=O) groups excluding carboxylic acids is 1. The van der Waals surface area contributed by atoms with Crippen molar-refractivity contribution < 1.29 is 4.79 Å². The van der Waals surface area contributed by atoms with Crippen LogP contribution in [0.1, 0.15) is 22.8 Å². The molecule has 1 rings (SSSR count). The highest BCUT2D eigenvalue weighted by Crippen LogP contribution is 2.21. The third-order valence-corrected chi connectivity index (χ3v) is 2.55. The fourth-order valence-corrected chi connectivity index (χ4v) is 1.83. The first-order valence-corrected chi connectivity index (χ1v) is 4.67. The maximum Gasteiger partial charge on any atom is 0.161 e. The Morgan fingerprint density at radius 3 is 2.58 bits per heavy atom. The molecule has 1 aromatic carbocycles. The summed E-state index contributed by atoms with van der Waals surface area (Å²) in [6.07, 6.45) is 0. The van der Waals surface area contributed by atoms with Gasteiger partial charge in [-0.2, -0.15) is 0 Å². The highest BCUT2D eigenvalue weighted by Gasteiger charge is 2.07. The molecule has 64 valence electrons. The maximum atomic E-state index is 11.1. The van der Waals surface area contributed by atoms with Crippen molar-refractivity contribution in [3.8, 4) is 0 Å². The van der Waals surface area contributed by atoms with Crippen LogP contribution in [-0.2, 0) is 0 Å². The second-order valence-electron chi connectivity index (χ2n) is 2.76. The van der Waals surface area contributed by atoms with Crippen molar-refractivity contribution in [2.24, 2.45) is 0 Å². The average Bonchev–Trinajstić information content (AvgIpc) is 1.96. The fraction of sp³-hybridized carbons (Fsp3) is 0.222. The number of hydrogen-bond donors (Lipinski definition) is 1. The molecule has 0 bridgehead atoms. The van der Waals surface area contributed by atoms with Gasteiger partial charge >= 0.3 is 0 Å². The van der Waals surface area contributed by atoms with E-state index in [1.165, 1.54) is 6.92 Å². The predicted octanol–water partition coefficient (Wildman–Crippen LogP) is 2.38. The number of Topliss-reactive ketones (excluding diaryl/α,β-unsaturated/α-hetero) is 1. The zero-order chi connectivity index (χ0) is 9.30. The van der Waals surface area contributed by atoms with Crippen LogP contribution in [-0.4, -0.2) is 5.78 Å². The number of carbonyl (C=O) groups is 1. The fourth-order valence-electron chi connectivity index (χ4n) is 1.04. The topological polar surface area (TPSA) is 43.1 Å². The predicted molar refractivity (Wildman–Crippen MR) is 58.3 cm³/mol. The Hall–Kier alpha value is -0.580. The van der Waals surface area contributed by atoms with E-state index in [4.69, 9.17) is 5.73 Å². The molecular formula is C9H10INO. The van der Waals surface area contributed by atoms with Gasteiger partial charge in [0.05, 0.1) is 5.69 Å². The second kappa shape index (κ2) is 3.43. The van der Waals surface area contributed by atoms with E-state index >= 15 is 0 Å². The summed E-state index contributed by atoms with van der Waals surface area (Å²) in [6, 6.07) is 3.78. The van der Waals surface area contributed by atoms with E-state index in [2.05, 4.69) is 22.6 Å². The van der Waals surface area contributed by atoms with Gasteiger partial charge in [0.1, 0.15) is 0 Å². The Bertz CT molecular complexity index is 334. The minimum Gasteiger partial charge on any atom is -0.397 e. The summed E-state index contributed by atoms with van der Waals surface area (Å²) in [6.45, 7) is 3.48. The van der Waals surface area contributed by atoms with Crippen LogP contribution in [0.25, 0.3) is 0 Å². The number of ketones is 1. The molecule has 2 nitrogen and oxygen atoms in total. The summed E-state index contributed by atoms with van der Waals surface area (Å²) in [7, 11) is 0. The number of aryl methyl sites for hydroxylation is 1. The van der Waals surface area contributed by atoms with E-state index < -0.39 is 0 Å². The third-order valence-electron chi connectivity index (χ3n) is 1.65. The molecule has 1 aromatic rings. The van der Waals surface area contributed by atoms with E-state index in [9.17, 15) is 4.79 Å². The van der Waals surface area contributed by atoms with Crippen LogP contribution >= 0.6 is 22.6 Å². The van der Waals surface area contributed by atoms with Crippen molar-refractivity contribution in [3.05, 3.63) is 26.8 Å². The number of rotatable bonds is 1. The van der Waals surface area contributed by atoms with Crippen molar-refractivity contribution in [1.29, 1.82) is 0 Å². The normalized spacial score (nSPS) is 9.92. The van der Waals surface area contributed by atoms with E-state index in [0.717, 1.165) is 9.13 Å². The van der Waals surface area contributed by atoms with Crippen molar-refractivity contribution in [2.45, 2.75) is 13.8 Å². The first-order chi connectivity index (χ1) is 5.52. The second-order valence-corrected chi connectivity index (χ2v) is 3.93. The summed E-state index contributed by atoms with van der Waals surface area (Å²) in [5.41, 5.74) is 8.01. The molecule has 0 aliphatic heterocycles. The van der Waals surface area contributed by atoms with Crippen LogP contribution in [0, 0.1) is 10.5 Å². The maximum absolute atomic E-state index is 11.1. The molecule has 2 N–H and O–H groups in total. The number of anilines is 1. The molecule has 0 amide bonds. The molecular weight excluding hydrogens is 265 g/mol. The van der Waals surface area contributed by atoms with Crippen LogP contribution in [0.2, 0.25) is 0 Å². The van der Waals surface area contributed by atoms with E-state index in [1.54, 1.807) is 0 Å². The monoisotopic (exact) mass is 275 g/mol. The quantitative estimate of drug-likeness (QED) is 0.486. The van der Waals surface area contributed by atoms with Crippen LogP contribution in [0.4, 0.5) is 5.69 Å². The van der Waals surface area contributed by atoms with Crippen LogP contribution in [0.3, 0.4) is 0 Å². The smallest absolute Gasteiger partial charge is 0.161 e. The molecule has 0 saturated carbocycles. The molecule has 0 radical (unpaired) electrons. The zero-order valence-electron chi connectivity index (χ0n) is 7.02. The lowest BCUT2D eigenvalue weighted by molar-refractivity contribution is 0.101. The van der Waals surface area contributed by atoms with Gasteiger partial charge in [0, 0.05) is 9.13 Å². The summed E-state index contributed by atoms with van der Waals surface area (Å²) < 4.78 is 0.942. The molecule has 0 unspecified atom stereocenters. The molecule has 0 aliphatic rings. The third kappa shape index (κ3) is 1.77. The summed E-state index contributed by atoms with van der Waals surface area (Å²) >= 11 is 2.13. The van der Waals surface area contributed by atoms with Gasteiger partial charge in [-0.1, -0.05) is 0 Å². The van der Waals surface area contributed by atoms with Crippen molar-refractivity contribution in [1.82, 2.24) is 0 Å². The molecule has 0 saturated heterocycles. The summed E-state index contributed by atoms with van der Waals surface area (Å²) in [5.74, 6) is 0.0223. The SMILES string of the molecule is CC(=O)c1cc(C)cc(I)c1N. The summed E-state index contributed by atoms with van der Waals surface area (Å²) in [5, 5.41) is 0. The van der Waals surface area contributed by atoms with E-state index in [1.807, 2.05) is 19.1 Å². The van der Waals surface area contributed by atoms with Gasteiger partial charge in [-0.15, -0.1) is 0 Å². The van der Waals surface area contributed by atoms with Crippen molar-refractivity contribution >= 4 is 34.1 Å². The number of halogens is 1. The van der Waals surface area contributed by atoms with Gasteiger partial charge < -0.3 is 5.73 Å². The molecule has 0 aromatic heterocycles. The Kier molecular flexibility index (Phi) is 2.72. The minimum absolute atomic E-state index is 0.0223. The number of hydrogen-bond acceptors (Lipinski definition) is 2. The Labute approximate surface area is 85.3 Å². The van der Waals surface area contributed by atoms with E-state index in [-0.39, 0.29) is 5.78 Å². The zero-order valence-corrected chi connectivity index (χ0v) is 9.18. The van der Waals surface area contributed by atoms with Crippen LogP contribution in [0.15, 0.2) is 12.1 Å². The van der Waals surface area contributed by atoms with Gasteiger partial charge in [0.15, 0.2) is 5.78 Å². The van der Waals surface area contributed by atoms with Crippen molar-refractivity contribution in [3.63, 3.8) is 0 Å². The highest BCUT2D eigenvalue weighted by atomic mass is 127. The van der Waals surface area contributed by atoms with Gasteiger partial charge in [-0.3, -0.25) is 4.79 Å². The number of benzene rings is 1. The molecule has 3 heteroatoms. The van der Waals surface area contributed by atoms with E-state index in [0.29, 0.717) is 11.3 Å². The molecule has 0 atom stereocenters. The Morgan fingerprint density at radius 2 is 2.08 bits per heavy atom. The first kappa shape index (κ1) is 9.51. The average molecular weight is 275 g/mol. The standard InChI is InChI=1S/C9H10INO/c1-5-3-7(6(2)12)9(11)8(10)4-5/h3-4H,11H2,1-2H3. The number of nitrogen functional groups attached to an aromatic ring is 1. The largest absolute Gasteiger partial charge is 0.397 e. The van der Waals surface area contributed by atoms with Gasteiger partial charge in [-0.05, 0) is 54.1 Å². The lowest BCUT2D eigenvalue weighted by atomic mass is 10.1. The van der Waals surface area contributed by atoms with Gasteiger partial charge in [0.2, 0.25) is 0 Å². The lowest BCUT2D eigenvalue weighted by Gasteiger charge is -2.05. The Morgan fingerprint density at radius 1 is 1.50 bits per heavy atom. The molecule has 0 spiro atoms. The van der Waals surface area contributed by atoms with Gasteiger partial charge in [-0.25, -0.2) is 0 Å². The van der Waals surface area contributed by atoms with Gasteiger partial charge in [0.25, 0.3) is 0 Å². The summed E-state index contributed by atoms with van der Waals surface area (Å²) in [4.78, 5) is 11.1. The van der Waals surface area contributed by atoms with Crippen LogP contribution < -0.4 is 5.73 Å². The molecule has 0 aliphatic carbocycles. The first-order valence-electron chi connectivity index (χ1n) is 3.59. The highest BCUT2D eigenvalue weighted by molar-refractivity contribution is 14.1. The lowest BCUT2D eigenvalue weighted by Crippen LogP contribution is -2.02. The molecule has 12 heavy (non-hydrogen) atoms. The minimum atomic E-state index is 0.0223. The number of nitrogens with two attached hydrogens (primary N) is 1. The Balaban J connectivity index is 3.37. The van der Waals surface area contributed by atoms with Crippen LogP contribution in [0.5, 0.6) is 0 Å².